The van der Waals surface area contributed by atoms with E-state index < -0.39 is 10.8 Å². The molecule has 0 spiro atoms. The van der Waals surface area contributed by atoms with E-state index in [0.717, 1.165) is 11.3 Å². The lowest BCUT2D eigenvalue weighted by Gasteiger charge is -1.94. The van der Waals surface area contributed by atoms with Crippen LogP contribution < -0.4 is 5.43 Å². The number of benzene rings is 1. The summed E-state index contributed by atoms with van der Waals surface area (Å²) < 4.78 is 0. The Balaban J connectivity index is 2.15. The molecule has 1 aromatic heterocycles. The largest absolute Gasteiger partial charge is 0.466 e. The number of nitro groups is 1. The van der Waals surface area contributed by atoms with Crippen molar-refractivity contribution >= 4 is 11.8 Å². The summed E-state index contributed by atoms with van der Waals surface area (Å²) in [7, 11) is 0. The zero-order valence-corrected chi connectivity index (χ0v) is 9.57. The van der Waals surface area contributed by atoms with E-state index >= 15 is 0 Å². The van der Waals surface area contributed by atoms with E-state index in [1.807, 2.05) is 30.3 Å². The highest BCUT2D eigenvalue weighted by molar-refractivity contribution is 5.89. The molecule has 0 aliphatic carbocycles. The predicted molar refractivity (Wildman–Crippen MR) is 67.7 cm³/mol. The van der Waals surface area contributed by atoms with Gasteiger partial charge in [0.25, 0.3) is 0 Å². The molecule has 0 atom stereocenters. The fourth-order valence-electron chi connectivity index (χ4n) is 1.35. The summed E-state index contributed by atoms with van der Waals surface area (Å²) >= 11 is 0. The lowest BCUT2D eigenvalue weighted by Crippen LogP contribution is -2.11. The second kappa shape index (κ2) is 5.42. The molecular formula is C11H8N6O2. The average molecular weight is 256 g/mol. The zero-order valence-electron chi connectivity index (χ0n) is 9.57. The van der Waals surface area contributed by atoms with Gasteiger partial charge in [0.15, 0.2) is 6.07 Å². The van der Waals surface area contributed by atoms with Crippen molar-refractivity contribution in [1.29, 1.82) is 5.26 Å². The molecule has 2 aromatic rings. The highest BCUT2D eigenvalue weighted by Gasteiger charge is 2.11. The first-order valence-electron chi connectivity index (χ1n) is 5.19. The van der Waals surface area contributed by atoms with Crippen molar-refractivity contribution in [2.75, 3.05) is 5.43 Å². The molecule has 1 heterocycles. The van der Waals surface area contributed by atoms with Gasteiger partial charge in [-0.15, -0.1) is 5.43 Å². The maximum Gasteiger partial charge on any atom is 0.466 e. The van der Waals surface area contributed by atoms with Crippen molar-refractivity contribution in [3.63, 3.8) is 0 Å². The van der Waals surface area contributed by atoms with Crippen LogP contribution in [0.1, 0.15) is 0 Å². The molecule has 2 N–H and O–H groups in total. The number of aromatic nitrogens is 2. The quantitative estimate of drug-likeness (QED) is 0.374. The Kier molecular flexibility index (Phi) is 3.49. The molecule has 0 bridgehead atoms. The number of aromatic amines is 1. The smallest absolute Gasteiger partial charge is 0.357 e. The number of hydrazone groups is 1. The Labute approximate surface area is 107 Å². The molecular weight excluding hydrogens is 248 g/mol. The van der Waals surface area contributed by atoms with Gasteiger partial charge in [-0.3, -0.25) is 0 Å². The number of rotatable bonds is 3. The number of amidine groups is 1. The second-order valence-corrected chi connectivity index (χ2v) is 3.43. The van der Waals surface area contributed by atoms with Crippen molar-refractivity contribution in [1.82, 2.24) is 9.97 Å². The number of imidazole rings is 1. The van der Waals surface area contributed by atoms with Gasteiger partial charge in [0, 0.05) is 0 Å². The first-order valence-corrected chi connectivity index (χ1v) is 5.19. The van der Waals surface area contributed by atoms with Crippen LogP contribution in [0.3, 0.4) is 0 Å². The molecule has 0 saturated heterocycles. The highest BCUT2D eigenvalue weighted by Crippen LogP contribution is 2.17. The summed E-state index contributed by atoms with van der Waals surface area (Å²) in [5.41, 5.74) is 3.98. The van der Waals surface area contributed by atoms with Crippen LogP contribution in [0, 0.1) is 21.4 Å². The van der Waals surface area contributed by atoms with E-state index in [1.54, 1.807) is 6.20 Å². The van der Waals surface area contributed by atoms with Crippen LogP contribution in [0.15, 0.2) is 41.6 Å². The molecule has 0 aliphatic rings. The number of H-pyrrole nitrogens is 1. The first-order chi connectivity index (χ1) is 9.20. The fraction of sp³-hybridized carbons (Fsp3) is 0. The standard InChI is InChI=1S/C11H8N6O2/c12-6-10(17(18)19)15-16-11-13-7-9(14-11)8-4-2-1-3-5-8/h1-5,7H,(H2,13,14,16)/b15-10-. The molecule has 19 heavy (non-hydrogen) atoms. The summed E-state index contributed by atoms with van der Waals surface area (Å²) in [5.74, 6) is -0.619. The zero-order chi connectivity index (χ0) is 13.7. The van der Waals surface area contributed by atoms with Gasteiger partial charge in [-0.1, -0.05) is 30.3 Å². The molecule has 2 rings (SSSR count). The molecule has 0 radical (unpaired) electrons. The fourth-order valence-corrected chi connectivity index (χ4v) is 1.35. The van der Waals surface area contributed by atoms with Crippen molar-refractivity contribution in [3.8, 4) is 17.3 Å². The van der Waals surface area contributed by atoms with E-state index in [4.69, 9.17) is 5.26 Å². The molecule has 1 aromatic carbocycles. The Morgan fingerprint density at radius 2 is 2.21 bits per heavy atom. The Hall–Kier alpha value is -3.21. The predicted octanol–water partition coefficient (Wildman–Crippen LogP) is 1.60. The van der Waals surface area contributed by atoms with E-state index in [1.165, 1.54) is 6.07 Å². The van der Waals surface area contributed by atoms with Crippen LogP contribution in [0.2, 0.25) is 0 Å². The molecule has 8 heteroatoms. The van der Waals surface area contributed by atoms with Gasteiger partial charge in [-0.05, 0) is 10.5 Å². The van der Waals surface area contributed by atoms with Gasteiger partial charge in [0.1, 0.15) is 0 Å². The summed E-state index contributed by atoms with van der Waals surface area (Å²) in [6.07, 6.45) is 1.56. The van der Waals surface area contributed by atoms with Crippen molar-refractivity contribution in [3.05, 3.63) is 46.6 Å². The SMILES string of the molecule is N#C/C(=N/Nc1ncc(-c2ccccc2)[nH]1)[N+](=O)[O-]. The van der Waals surface area contributed by atoms with Gasteiger partial charge >= 0.3 is 5.84 Å². The number of nitrogens with one attached hydrogen (secondary N) is 2. The van der Waals surface area contributed by atoms with Crippen LogP contribution >= 0.6 is 0 Å². The van der Waals surface area contributed by atoms with E-state index in [9.17, 15) is 10.1 Å². The summed E-state index contributed by atoms with van der Waals surface area (Å²) in [6, 6.07) is 10.8. The minimum absolute atomic E-state index is 0.216. The maximum atomic E-state index is 10.4. The third-order valence-electron chi connectivity index (χ3n) is 2.20. The molecule has 0 amide bonds. The molecule has 94 valence electrons. The minimum Gasteiger partial charge on any atom is -0.357 e. The van der Waals surface area contributed by atoms with Crippen molar-refractivity contribution in [2.24, 2.45) is 5.10 Å². The Morgan fingerprint density at radius 3 is 2.84 bits per heavy atom. The Morgan fingerprint density at radius 1 is 1.47 bits per heavy atom. The van der Waals surface area contributed by atoms with E-state index in [0.29, 0.717) is 0 Å². The molecule has 0 saturated carbocycles. The lowest BCUT2D eigenvalue weighted by atomic mass is 10.2. The minimum atomic E-state index is -0.881. The number of nitriles is 1. The summed E-state index contributed by atoms with van der Waals surface area (Å²) in [6.45, 7) is 0. The topological polar surface area (TPSA) is 120 Å². The van der Waals surface area contributed by atoms with Crippen molar-refractivity contribution in [2.45, 2.75) is 0 Å². The molecule has 0 unspecified atom stereocenters. The van der Waals surface area contributed by atoms with Gasteiger partial charge in [-0.2, -0.15) is 5.26 Å². The average Bonchev–Trinajstić information content (AvgIpc) is 2.89. The van der Waals surface area contributed by atoms with Gasteiger partial charge in [0.05, 0.1) is 17.0 Å². The number of hydrogen-bond acceptors (Lipinski definition) is 6. The number of nitrogens with zero attached hydrogens (tertiary/aromatic N) is 4. The van der Waals surface area contributed by atoms with Crippen LogP contribution in [0.25, 0.3) is 11.3 Å². The second-order valence-electron chi connectivity index (χ2n) is 3.43. The van der Waals surface area contributed by atoms with E-state index in [-0.39, 0.29) is 5.95 Å². The highest BCUT2D eigenvalue weighted by atomic mass is 16.6. The van der Waals surface area contributed by atoms with Gasteiger partial charge in [0.2, 0.25) is 5.95 Å². The lowest BCUT2D eigenvalue weighted by molar-refractivity contribution is -0.347. The van der Waals surface area contributed by atoms with Crippen molar-refractivity contribution < 1.29 is 4.92 Å². The molecule has 0 aliphatic heterocycles. The van der Waals surface area contributed by atoms with Gasteiger partial charge in [-0.25, -0.2) is 4.98 Å². The van der Waals surface area contributed by atoms with Gasteiger partial charge < -0.3 is 15.1 Å². The van der Waals surface area contributed by atoms with Crippen LogP contribution in [0.4, 0.5) is 5.95 Å². The number of hydrogen-bond donors (Lipinski definition) is 2. The molecule has 8 nitrogen and oxygen atoms in total. The third kappa shape index (κ3) is 2.92. The summed E-state index contributed by atoms with van der Waals surface area (Å²) in [5, 5.41) is 22.2. The summed E-state index contributed by atoms with van der Waals surface area (Å²) in [4.78, 5) is 16.3. The first kappa shape index (κ1) is 12.3. The van der Waals surface area contributed by atoms with Crippen LogP contribution in [-0.4, -0.2) is 20.7 Å². The maximum absolute atomic E-state index is 10.4. The third-order valence-corrected chi connectivity index (χ3v) is 2.20. The Bertz CT molecular complexity index is 655. The van der Waals surface area contributed by atoms with Crippen LogP contribution in [0.5, 0.6) is 0 Å². The van der Waals surface area contributed by atoms with Crippen LogP contribution in [-0.2, 0) is 0 Å². The monoisotopic (exact) mass is 256 g/mol. The molecule has 0 fully saturated rings. The van der Waals surface area contributed by atoms with E-state index in [2.05, 4.69) is 20.5 Å². The number of anilines is 1. The normalized spacial score (nSPS) is 10.8.